The van der Waals surface area contributed by atoms with Crippen molar-refractivity contribution < 1.29 is 23.9 Å². The van der Waals surface area contributed by atoms with Crippen molar-refractivity contribution in [1.29, 1.82) is 0 Å². The lowest BCUT2D eigenvalue weighted by Gasteiger charge is -2.38. The molecule has 0 unspecified atom stereocenters. The van der Waals surface area contributed by atoms with Crippen molar-refractivity contribution in [3.05, 3.63) is 125 Å². The Balaban J connectivity index is 1.53. The molecule has 0 aliphatic carbocycles. The highest BCUT2D eigenvalue weighted by Gasteiger charge is 2.70. The Kier molecular flexibility index (Phi) is 5.93. The standard InChI is InChI=1S/C34H27N3O5/c1-41-22-13-14-24(27(18-22)42-2)31(39)29-28(30(38)21-9-7-16-35-19-21)34(25-11-5-6-12-26(25)36-33(34)40)32-23-10-4-3-8-20(23)15-17-37(29)32/h3-19,28-29,32H,1-2H3,(H,36,40)/t28-,29+,32+,34+/m1/s1. The van der Waals surface area contributed by atoms with Gasteiger partial charge < -0.3 is 19.7 Å². The molecule has 4 aromatic rings. The zero-order valence-electron chi connectivity index (χ0n) is 23.0. The number of pyridine rings is 1. The summed E-state index contributed by atoms with van der Waals surface area (Å²) in [6, 6.07) is 21.9. The van der Waals surface area contributed by atoms with Gasteiger partial charge in [-0.1, -0.05) is 42.5 Å². The number of Topliss-reactive ketones (excluding diaryl/α,β-unsaturated/α-hetero) is 2. The summed E-state index contributed by atoms with van der Waals surface area (Å²) < 4.78 is 11.0. The van der Waals surface area contributed by atoms with Gasteiger partial charge in [0.1, 0.15) is 23.0 Å². The second-order valence-corrected chi connectivity index (χ2v) is 10.6. The molecule has 4 atom stereocenters. The van der Waals surface area contributed by atoms with E-state index in [1.54, 1.807) is 36.5 Å². The van der Waals surface area contributed by atoms with Crippen LogP contribution in [-0.4, -0.2) is 47.6 Å². The summed E-state index contributed by atoms with van der Waals surface area (Å²) in [5.74, 6) is -1.22. The van der Waals surface area contributed by atoms with Gasteiger partial charge >= 0.3 is 0 Å². The first-order chi connectivity index (χ1) is 20.5. The molecule has 0 saturated carbocycles. The minimum Gasteiger partial charge on any atom is -0.497 e. The molecule has 1 saturated heterocycles. The van der Waals surface area contributed by atoms with Crippen LogP contribution in [0.15, 0.2) is 97.5 Å². The number of carbonyl (C=O) groups is 3. The molecular formula is C34H27N3O5. The third-order valence-corrected chi connectivity index (χ3v) is 8.74. The van der Waals surface area contributed by atoms with E-state index in [0.717, 1.165) is 11.1 Å². The predicted molar refractivity (Wildman–Crippen MR) is 157 cm³/mol. The van der Waals surface area contributed by atoms with Crippen LogP contribution < -0.4 is 14.8 Å². The summed E-state index contributed by atoms with van der Waals surface area (Å²) in [5.41, 5.74) is 2.33. The van der Waals surface area contributed by atoms with Gasteiger partial charge in [-0.05, 0) is 53.1 Å². The van der Waals surface area contributed by atoms with E-state index in [9.17, 15) is 14.4 Å². The molecule has 8 nitrogen and oxygen atoms in total. The summed E-state index contributed by atoms with van der Waals surface area (Å²) in [4.78, 5) is 50.1. The Morgan fingerprint density at radius 3 is 2.52 bits per heavy atom. The predicted octanol–water partition coefficient (Wildman–Crippen LogP) is 5.08. The van der Waals surface area contributed by atoms with Crippen molar-refractivity contribution in [3.8, 4) is 11.5 Å². The molecule has 1 aromatic heterocycles. The van der Waals surface area contributed by atoms with Gasteiger partial charge in [0.05, 0.1) is 31.7 Å². The van der Waals surface area contributed by atoms with Gasteiger partial charge in [-0.25, -0.2) is 0 Å². The number of ether oxygens (including phenoxy) is 2. The monoisotopic (exact) mass is 557 g/mol. The van der Waals surface area contributed by atoms with E-state index < -0.39 is 23.4 Å². The van der Waals surface area contributed by atoms with E-state index in [1.807, 2.05) is 65.7 Å². The van der Waals surface area contributed by atoms with Crippen LogP contribution in [0.1, 0.15) is 43.4 Å². The number of para-hydroxylation sites is 1. The van der Waals surface area contributed by atoms with Gasteiger partial charge in [0.25, 0.3) is 0 Å². The average Bonchev–Trinajstić information content (AvgIpc) is 3.52. The van der Waals surface area contributed by atoms with Crippen molar-refractivity contribution in [3.63, 3.8) is 0 Å². The molecule has 0 radical (unpaired) electrons. The first-order valence-corrected chi connectivity index (χ1v) is 13.7. The van der Waals surface area contributed by atoms with Crippen LogP contribution in [0.2, 0.25) is 0 Å². The smallest absolute Gasteiger partial charge is 0.238 e. The highest BCUT2D eigenvalue weighted by atomic mass is 16.5. The highest BCUT2D eigenvalue weighted by molar-refractivity contribution is 6.17. The topological polar surface area (TPSA) is 97.8 Å². The maximum absolute atomic E-state index is 14.8. The van der Waals surface area contributed by atoms with Crippen LogP contribution in [0, 0.1) is 5.92 Å². The number of hydrogen-bond donors (Lipinski definition) is 1. The number of hydrogen-bond acceptors (Lipinski definition) is 7. The van der Waals surface area contributed by atoms with E-state index in [0.29, 0.717) is 33.9 Å². The Labute approximate surface area is 242 Å². The van der Waals surface area contributed by atoms with Gasteiger partial charge in [-0.3, -0.25) is 19.4 Å². The van der Waals surface area contributed by atoms with Gasteiger partial charge in [-0.2, -0.15) is 0 Å². The number of anilines is 1. The van der Waals surface area contributed by atoms with E-state index in [4.69, 9.17) is 9.47 Å². The molecular weight excluding hydrogens is 530 g/mol. The van der Waals surface area contributed by atoms with Crippen molar-refractivity contribution >= 4 is 29.2 Å². The molecule has 3 aliphatic heterocycles. The van der Waals surface area contributed by atoms with Crippen LogP contribution >= 0.6 is 0 Å². The SMILES string of the molecule is COc1ccc(C(=O)[C@@H]2[C@H](C(=O)c3cccnc3)[C@]3(C(=O)Nc4ccccc43)[C@@H]3c4ccccc4C=CN23)c(OC)c1. The molecule has 1 N–H and O–H groups in total. The number of rotatable bonds is 6. The van der Waals surface area contributed by atoms with E-state index in [1.165, 1.54) is 20.4 Å². The Bertz CT molecular complexity index is 1790. The lowest BCUT2D eigenvalue weighted by molar-refractivity contribution is -0.122. The quantitative estimate of drug-likeness (QED) is 0.330. The van der Waals surface area contributed by atoms with Gasteiger partial charge in [0.15, 0.2) is 11.6 Å². The molecule has 1 fully saturated rings. The number of fused-ring (bicyclic) bond motifs is 6. The number of benzene rings is 3. The van der Waals surface area contributed by atoms with Crippen molar-refractivity contribution in [2.24, 2.45) is 5.92 Å². The maximum Gasteiger partial charge on any atom is 0.238 e. The fourth-order valence-corrected chi connectivity index (χ4v) is 7.02. The summed E-state index contributed by atoms with van der Waals surface area (Å²) in [7, 11) is 3.02. The number of ketones is 2. The number of nitrogens with zero attached hydrogens (tertiary/aromatic N) is 2. The third-order valence-electron chi connectivity index (χ3n) is 8.74. The van der Waals surface area contributed by atoms with Crippen LogP contribution in [0.5, 0.6) is 11.5 Å². The molecule has 42 heavy (non-hydrogen) atoms. The van der Waals surface area contributed by atoms with E-state index in [2.05, 4.69) is 10.3 Å². The Morgan fingerprint density at radius 1 is 0.929 bits per heavy atom. The van der Waals surface area contributed by atoms with Crippen LogP contribution in [0.25, 0.3) is 6.08 Å². The maximum atomic E-state index is 14.8. The molecule has 8 heteroatoms. The van der Waals surface area contributed by atoms with Crippen LogP contribution in [0.3, 0.4) is 0 Å². The average molecular weight is 558 g/mol. The second-order valence-electron chi connectivity index (χ2n) is 10.6. The van der Waals surface area contributed by atoms with Crippen LogP contribution in [-0.2, 0) is 10.2 Å². The van der Waals surface area contributed by atoms with Gasteiger partial charge in [0, 0.05) is 35.9 Å². The zero-order valence-corrected chi connectivity index (χ0v) is 23.0. The first-order valence-electron chi connectivity index (χ1n) is 13.7. The molecule has 3 aromatic carbocycles. The van der Waals surface area contributed by atoms with Crippen molar-refractivity contribution in [2.75, 3.05) is 19.5 Å². The Hall–Kier alpha value is -5.24. The number of nitrogens with one attached hydrogen (secondary N) is 1. The lowest BCUT2D eigenvalue weighted by atomic mass is 9.62. The fraction of sp³-hybridized carbons (Fsp3) is 0.176. The second kappa shape index (κ2) is 9.69. The zero-order chi connectivity index (χ0) is 29.0. The van der Waals surface area contributed by atoms with E-state index >= 15 is 0 Å². The summed E-state index contributed by atoms with van der Waals surface area (Å²) in [5, 5.41) is 3.06. The Morgan fingerprint density at radius 2 is 1.74 bits per heavy atom. The number of aromatic nitrogens is 1. The molecule has 208 valence electrons. The molecule has 0 bridgehead atoms. The normalized spacial score (nSPS) is 23.1. The highest BCUT2D eigenvalue weighted by Crippen LogP contribution is 2.62. The molecule has 1 spiro atoms. The fourth-order valence-electron chi connectivity index (χ4n) is 7.02. The van der Waals surface area contributed by atoms with Crippen molar-refractivity contribution in [2.45, 2.75) is 17.5 Å². The molecule has 7 rings (SSSR count). The number of carbonyl (C=O) groups excluding carboxylic acids is 3. The van der Waals surface area contributed by atoms with Gasteiger partial charge in [0.2, 0.25) is 5.91 Å². The summed E-state index contributed by atoms with van der Waals surface area (Å²) >= 11 is 0. The molecule has 4 heterocycles. The molecule has 1 amide bonds. The van der Waals surface area contributed by atoms with E-state index in [-0.39, 0.29) is 17.5 Å². The third kappa shape index (κ3) is 3.48. The van der Waals surface area contributed by atoms with Crippen molar-refractivity contribution in [1.82, 2.24) is 9.88 Å². The molecule has 3 aliphatic rings. The summed E-state index contributed by atoms with van der Waals surface area (Å²) in [6.07, 6.45) is 6.86. The minimum atomic E-state index is -1.41. The first kappa shape index (κ1) is 25.7. The van der Waals surface area contributed by atoms with Gasteiger partial charge in [-0.15, -0.1) is 0 Å². The van der Waals surface area contributed by atoms with Crippen LogP contribution in [0.4, 0.5) is 5.69 Å². The summed E-state index contributed by atoms with van der Waals surface area (Å²) in [6.45, 7) is 0. The number of methoxy groups -OCH3 is 2. The largest absolute Gasteiger partial charge is 0.497 e. The lowest BCUT2D eigenvalue weighted by Crippen LogP contribution is -2.49. The number of amides is 1. The minimum absolute atomic E-state index is 0.294.